The summed E-state index contributed by atoms with van der Waals surface area (Å²) in [7, 11) is 0. The van der Waals surface area contributed by atoms with Crippen molar-refractivity contribution in [3.8, 4) is 5.69 Å². The molecule has 1 aliphatic carbocycles. The summed E-state index contributed by atoms with van der Waals surface area (Å²) in [5, 5.41) is 18.3. The van der Waals surface area contributed by atoms with Crippen LogP contribution in [0.2, 0.25) is 0 Å². The largest absolute Gasteiger partial charge is 0.391 e. The molecule has 0 radical (unpaired) electrons. The lowest BCUT2D eigenvalue weighted by molar-refractivity contribution is 0.140. The molecular formula is C21H21F2N3O. The molecule has 0 amide bonds. The lowest BCUT2D eigenvalue weighted by Gasteiger charge is -2.18. The molecule has 0 saturated heterocycles. The third-order valence-electron chi connectivity index (χ3n) is 5.28. The average Bonchev–Trinajstić information content (AvgIpc) is 3.09. The van der Waals surface area contributed by atoms with Crippen molar-refractivity contribution in [2.45, 2.75) is 39.0 Å². The number of nitrogens with one attached hydrogen (secondary N) is 1. The molecule has 0 fully saturated rings. The molecule has 3 aromatic rings. The quantitative estimate of drug-likeness (QED) is 0.740. The number of aryl methyl sites for hydroxylation is 1. The van der Waals surface area contributed by atoms with E-state index >= 15 is 0 Å². The topological polar surface area (TPSA) is 50.1 Å². The number of halogens is 2. The predicted octanol–water partition coefficient (Wildman–Crippen LogP) is 3.52. The first-order valence-electron chi connectivity index (χ1n) is 8.95. The summed E-state index contributed by atoms with van der Waals surface area (Å²) in [5.74, 6) is -1.27. The second-order valence-electron chi connectivity index (χ2n) is 6.99. The number of nitrogens with zero attached hydrogens (tertiary/aromatic N) is 2. The monoisotopic (exact) mass is 369 g/mol. The SMILES string of the molecule is Cc1nn(-c2ccc(F)cc2F)c(C)c1CN[C@@H]1c2ccccc2C[C@@H]1O. The maximum absolute atomic E-state index is 14.2. The summed E-state index contributed by atoms with van der Waals surface area (Å²) in [6.45, 7) is 4.22. The Labute approximate surface area is 156 Å². The van der Waals surface area contributed by atoms with Gasteiger partial charge in [-0.15, -0.1) is 0 Å². The van der Waals surface area contributed by atoms with Gasteiger partial charge in [0, 0.05) is 30.3 Å². The van der Waals surface area contributed by atoms with Crippen LogP contribution in [0.5, 0.6) is 0 Å². The van der Waals surface area contributed by atoms with Crippen LogP contribution in [0.4, 0.5) is 8.78 Å². The van der Waals surface area contributed by atoms with Crippen LogP contribution in [-0.2, 0) is 13.0 Å². The summed E-state index contributed by atoms with van der Waals surface area (Å²) in [6, 6.07) is 11.3. The minimum atomic E-state index is -0.653. The highest BCUT2D eigenvalue weighted by molar-refractivity contribution is 5.39. The van der Waals surface area contributed by atoms with Crippen molar-refractivity contribution >= 4 is 0 Å². The van der Waals surface area contributed by atoms with Gasteiger partial charge in [-0.1, -0.05) is 24.3 Å². The average molecular weight is 369 g/mol. The molecule has 0 unspecified atom stereocenters. The molecule has 2 atom stereocenters. The first-order valence-corrected chi connectivity index (χ1v) is 8.95. The van der Waals surface area contributed by atoms with E-state index in [9.17, 15) is 13.9 Å². The normalized spacial score (nSPS) is 18.7. The van der Waals surface area contributed by atoms with Gasteiger partial charge in [0.25, 0.3) is 0 Å². The molecule has 2 aromatic carbocycles. The van der Waals surface area contributed by atoms with Gasteiger partial charge < -0.3 is 10.4 Å². The number of hydrogen-bond donors (Lipinski definition) is 2. The second kappa shape index (κ2) is 6.87. The highest BCUT2D eigenvalue weighted by Crippen LogP contribution is 2.32. The first-order chi connectivity index (χ1) is 13.0. The molecule has 1 heterocycles. The van der Waals surface area contributed by atoms with Crippen molar-refractivity contribution in [3.63, 3.8) is 0 Å². The van der Waals surface area contributed by atoms with Gasteiger partial charge in [-0.3, -0.25) is 0 Å². The Morgan fingerprint density at radius 1 is 1.19 bits per heavy atom. The van der Waals surface area contributed by atoms with E-state index in [1.807, 2.05) is 38.1 Å². The molecule has 0 aliphatic heterocycles. The van der Waals surface area contributed by atoms with Gasteiger partial charge in [-0.25, -0.2) is 13.5 Å². The molecular weight excluding hydrogens is 348 g/mol. The fraction of sp³-hybridized carbons (Fsp3) is 0.286. The van der Waals surface area contributed by atoms with Crippen molar-refractivity contribution in [1.82, 2.24) is 15.1 Å². The zero-order valence-electron chi connectivity index (χ0n) is 15.2. The van der Waals surface area contributed by atoms with Gasteiger partial charge >= 0.3 is 0 Å². The molecule has 4 nitrogen and oxygen atoms in total. The number of benzene rings is 2. The minimum absolute atomic E-state index is 0.147. The molecule has 1 aromatic heterocycles. The maximum atomic E-state index is 14.2. The van der Waals surface area contributed by atoms with Crippen molar-refractivity contribution in [1.29, 1.82) is 0 Å². The van der Waals surface area contributed by atoms with E-state index < -0.39 is 17.7 Å². The van der Waals surface area contributed by atoms with Gasteiger partial charge in [-0.2, -0.15) is 5.10 Å². The molecule has 6 heteroatoms. The van der Waals surface area contributed by atoms with E-state index in [1.165, 1.54) is 16.8 Å². The second-order valence-corrected chi connectivity index (χ2v) is 6.99. The van der Waals surface area contributed by atoms with Crippen LogP contribution in [0.15, 0.2) is 42.5 Å². The van der Waals surface area contributed by atoms with E-state index in [4.69, 9.17) is 0 Å². The Kier molecular flexibility index (Phi) is 4.53. The van der Waals surface area contributed by atoms with Crippen molar-refractivity contribution < 1.29 is 13.9 Å². The summed E-state index contributed by atoms with van der Waals surface area (Å²) in [5.41, 5.74) is 4.97. The summed E-state index contributed by atoms with van der Waals surface area (Å²) in [4.78, 5) is 0. The van der Waals surface area contributed by atoms with Crippen LogP contribution in [0, 0.1) is 25.5 Å². The fourth-order valence-corrected chi connectivity index (χ4v) is 3.85. The third-order valence-corrected chi connectivity index (χ3v) is 5.28. The smallest absolute Gasteiger partial charge is 0.151 e. The Hall–Kier alpha value is -2.57. The molecule has 0 spiro atoms. The van der Waals surface area contributed by atoms with Crippen LogP contribution in [-0.4, -0.2) is 21.0 Å². The van der Waals surface area contributed by atoms with Crippen molar-refractivity contribution in [3.05, 3.63) is 82.2 Å². The molecule has 140 valence electrons. The third kappa shape index (κ3) is 3.15. The zero-order valence-corrected chi connectivity index (χ0v) is 15.2. The Morgan fingerprint density at radius 3 is 2.74 bits per heavy atom. The van der Waals surface area contributed by atoms with E-state index in [2.05, 4.69) is 10.4 Å². The van der Waals surface area contributed by atoms with Gasteiger partial charge in [0.15, 0.2) is 5.82 Å². The Balaban J connectivity index is 1.60. The molecule has 0 bridgehead atoms. The lowest BCUT2D eigenvalue weighted by atomic mass is 10.1. The molecule has 0 saturated carbocycles. The standard InChI is InChI=1S/C21H21F2N3O/c1-12-17(11-24-21-16-6-4-3-5-14(16)9-20(21)27)13(2)26(25-12)19-8-7-15(22)10-18(19)23/h3-8,10,20-21,24,27H,9,11H2,1-2H3/t20-,21+/m0/s1. The first kappa shape index (κ1) is 17.8. The maximum Gasteiger partial charge on any atom is 0.151 e. The van der Waals surface area contributed by atoms with Crippen LogP contribution in [0.3, 0.4) is 0 Å². The summed E-state index contributed by atoms with van der Waals surface area (Å²) in [6.07, 6.45) is 0.152. The van der Waals surface area contributed by atoms with Gasteiger partial charge in [-0.05, 0) is 37.1 Å². The van der Waals surface area contributed by atoms with Gasteiger partial charge in [0.05, 0.1) is 17.8 Å². The van der Waals surface area contributed by atoms with Crippen LogP contribution in [0.1, 0.15) is 34.1 Å². The van der Waals surface area contributed by atoms with Gasteiger partial charge in [0.1, 0.15) is 11.5 Å². The van der Waals surface area contributed by atoms with Crippen LogP contribution in [0.25, 0.3) is 5.69 Å². The van der Waals surface area contributed by atoms with E-state index in [-0.39, 0.29) is 11.7 Å². The molecule has 2 N–H and O–H groups in total. The van der Waals surface area contributed by atoms with E-state index in [1.54, 1.807) is 0 Å². The highest BCUT2D eigenvalue weighted by Gasteiger charge is 2.30. The number of fused-ring (bicyclic) bond motifs is 1. The van der Waals surface area contributed by atoms with E-state index in [0.29, 0.717) is 13.0 Å². The lowest BCUT2D eigenvalue weighted by Crippen LogP contribution is -2.28. The number of rotatable bonds is 4. The Morgan fingerprint density at radius 2 is 1.96 bits per heavy atom. The number of aliphatic hydroxyl groups excluding tert-OH is 1. The number of hydrogen-bond acceptors (Lipinski definition) is 3. The minimum Gasteiger partial charge on any atom is -0.391 e. The van der Waals surface area contributed by atoms with E-state index in [0.717, 1.165) is 34.1 Å². The van der Waals surface area contributed by atoms with Crippen molar-refractivity contribution in [2.75, 3.05) is 0 Å². The number of aliphatic hydroxyl groups is 1. The predicted molar refractivity (Wildman–Crippen MR) is 98.7 cm³/mol. The molecule has 27 heavy (non-hydrogen) atoms. The van der Waals surface area contributed by atoms with Gasteiger partial charge in [0.2, 0.25) is 0 Å². The van der Waals surface area contributed by atoms with Crippen molar-refractivity contribution in [2.24, 2.45) is 0 Å². The number of aromatic nitrogens is 2. The molecule has 4 rings (SSSR count). The van der Waals surface area contributed by atoms with Crippen LogP contribution < -0.4 is 5.32 Å². The summed E-state index contributed by atoms with van der Waals surface area (Å²) < 4.78 is 28.9. The summed E-state index contributed by atoms with van der Waals surface area (Å²) >= 11 is 0. The zero-order chi connectivity index (χ0) is 19.1. The Bertz CT molecular complexity index is 999. The fourth-order valence-electron chi connectivity index (χ4n) is 3.85. The highest BCUT2D eigenvalue weighted by atomic mass is 19.1. The molecule has 1 aliphatic rings. The van der Waals surface area contributed by atoms with Crippen LogP contribution >= 0.6 is 0 Å².